The average Bonchev–Trinajstić information content (AvgIpc) is 2.99. The quantitative estimate of drug-likeness (QED) is 0.763. The van der Waals surface area contributed by atoms with Gasteiger partial charge in [0.15, 0.2) is 0 Å². The van der Waals surface area contributed by atoms with Crippen molar-refractivity contribution in [3.05, 3.63) is 63.4 Å². The van der Waals surface area contributed by atoms with E-state index in [1.54, 1.807) is 17.5 Å². The summed E-state index contributed by atoms with van der Waals surface area (Å²) in [6.07, 6.45) is 2.77. The van der Waals surface area contributed by atoms with Crippen LogP contribution in [0.25, 0.3) is 10.9 Å². The van der Waals surface area contributed by atoms with Gasteiger partial charge in [-0.3, -0.25) is 4.98 Å². The van der Waals surface area contributed by atoms with E-state index in [4.69, 9.17) is 11.6 Å². The third kappa shape index (κ3) is 2.70. The second kappa shape index (κ2) is 5.92. The van der Waals surface area contributed by atoms with Crippen LogP contribution in [0.3, 0.4) is 0 Å². The molecule has 2 heterocycles. The highest BCUT2D eigenvalue weighted by molar-refractivity contribution is 7.09. The Morgan fingerprint density at radius 3 is 2.90 bits per heavy atom. The molecule has 1 N–H and O–H groups in total. The highest BCUT2D eigenvalue weighted by Gasteiger charge is 2.14. The van der Waals surface area contributed by atoms with Gasteiger partial charge in [0, 0.05) is 27.0 Å². The summed E-state index contributed by atoms with van der Waals surface area (Å²) in [5.41, 5.74) is 1.64. The molecular weight excluding hydrogens is 290 g/mol. The van der Waals surface area contributed by atoms with Crippen molar-refractivity contribution in [2.45, 2.75) is 18.9 Å². The Morgan fingerprint density at radius 1 is 1.20 bits per heavy atom. The Morgan fingerprint density at radius 2 is 2.10 bits per heavy atom. The van der Waals surface area contributed by atoms with Crippen molar-refractivity contribution < 1.29 is 5.11 Å². The van der Waals surface area contributed by atoms with Crippen LogP contribution in [0.4, 0.5) is 0 Å². The fourth-order valence-corrected chi connectivity index (χ4v) is 3.26. The monoisotopic (exact) mass is 303 g/mol. The molecular formula is C16H14ClNOS. The highest BCUT2D eigenvalue weighted by atomic mass is 35.5. The van der Waals surface area contributed by atoms with Crippen LogP contribution < -0.4 is 0 Å². The molecule has 0 aliphatic carbocycles. The molecule has 1 aromatic carbocycles. The first-order valence-electron chi connectivity index (χ1n) is 6.49. The van der Waals surface area contributed by atoms with Crippen LogP contribution in [0.2, 0.25) is 5.02 Å². The highest BCUT2D eigenvalue weighted by Crippen LogP contribution is 2.30. The van der Waals surface area contributed by atoms with Gasteiger partial charge in [-0.15, -0.1) is 11.3 Å². The minimum Gasteiger partial charge on any atom is -0.388 e. The predicted octanol–water partition coefficient (Wildman–Crippen LogP) is 4.62. The Kier molecular flexibility index (Phi) is 4.01. The van der Waals surface area contributed by atoms with Gasteiger partial charge in [0.2, 0.25) is 0 Å². The summed E-state index contributed by atoms with van der Waals surface area (Å²) < 4.78 is 0. The maximum atomic E-state index is 10.4. The third-order valence-corrected chi connectivity index (χ3v) is 4.62. The molecule has 0 fully saturated rings. The molecule has 2 nitrogen and oxygen atoms in total. The second-order valence-electron chi connectivity index (χ2n) is 4.67. The number of hydrogen-bond acceptors (Lipinski definition) is 3. The summed E-state index contributed by atoms with van der Waals surface area (Å²) in [5.74, 6) is 0. The van der Waals surface area contributed by atoms with Crippen molar-refractivity contribution in [2.24, 2.45) is 0 Å². The van der Waals surface area contributed by atoms with Crippen LogP contribution in [-0.4, -0.2) is 10.1 Å². The van der Waals surface area contributed by atoms with Crippen molar-refractivity contribution in [3.8, 4) is 0 Å². The molecule has 0 saturated heterocycles. The Bertz CT molecular complexity index is 712. The molecule has 102 valence electrons. The lowest BCUT2D eigenvalue weighted by atomic mass is 10.0. The van der Waals surface area contributed by atoms with Gasteiger partial charge in [-0.05, 0) is 42.5 Å². The molecule has 1 atom stereocenters. The Hall–Kier alpha value is -1.42. The van der Waals surface area contributed by atoms with Gasteiger partial charge in [-0.2, -0.15) is 0 Å². The number of aliphatic hydroxyl groups is 1. The molecule has 20 heavy (non-hydrogen) atoms. The summed E-state index contributed by atoms with van der Waals surface area (Å²) in [7, 11) is 0. The SMILES string of the molecule is OC(CCc1cccs1)c1ccc(Cl)c2cccnc12. The minimum absolute atomic E-state index is 0.522. The number of thiophene rings is 1. The van der Waals surface area contributed by atoms with Crippen LogP contribution in [-0.2, 0) is 6.42 Å². The van der Waals surface area contributed by atoms with Crippen LogP contribution in [0.5, 0.6) is 0 Å². The van der Waals surface area contributed by atoms with Gasteiger partial charge in [0.05, 0.1) is 11.6 Å². The number of aromatic nitrogens is 1. The summed E-state index contributed by atoms with van der Waals surface area (Å²) in [5, 5.41) is 14.0. The number of fused-ring (bicyclic) bond motifs is 1. The Labute approximate surface area is 126 Å². The van der Waals surface area contributed by atoms with E-state index in [1.807, 2.05) is 30.3 Å². The first-order chi connectivity index (χ1) is 9.75. The smallest absolute Gasteiger partial charge is 0.0814 e. The van der Waals surface area contributed by atoms with E-state index in [9.17, 15) is 5.11 Å². The number of halogens is 1. The van der Waals surface area contributed by atoms with Crippen LogP contribution in [0.1, 0.15) is 23.0 Å². The number of rotatable bonds is 4. The number of hydrogen-bond donors (Lipinski definition) is 1. The molecule has 0 aliphatic heterocycles. The summed E-state index contributed by atoms with van der Waals surface area (Å²) >= 11 is 7.89. The summed E-state index contributed by atoms with van der Waals surface area (Å²) in [6, 6.07) is 11.6. The van der Waals surface area contributed by atoms with E-state index in [0.29, 0.717) is 11.4 Å². The molecule has 0 aliphatic rings. The van der Waals surface area contributed by atoms with Crippen LogP contribution in [0, 0.1) is 0 Å². The lowest BCUT2D eigenvalue weighted by Crippen LogP contribution is -2.01. The molecule has 2 aromatic heterocycles. The maximum Gasteiger partial charge on any atom is 0.0814 e. The molecule has 0 saturated carbocycles. The Balaban J connectivity index is 1.88. The maximum absolute atomic E-state index is 10.4. The third-order valence-electron chi connectivity index (χ3n) is 3.35. The molecule has 3 rings (SSSR count). The van der Waals surface area contributed by atoms with Crippen molar-refractivity contribution in [2.75, 3.05) is 0 Å². The average molecular weight is 304 g/mol. The predicted molar refractivity (Wildman–Crippen MR) is 84.4 cm³/mol. The zero-order valence-corrected chi connectivity index (χ0v) is 12.4. The zero-order valence-electron chi connectivity index (χ0n) is 10.8. The topological polar surface area (TPSA) is 33.1 Å². The number of pyridine rings is 1. The lowest BCUT2D eigenvalue weighted by Gasteiger charge is -2.13. The number of benzene rings is 1. The molecule has 0 amide bonds. The van der Waals surface area contributed by atoms with Gasteiger partial charge in [0.1, 0.15) is 0 Å². The molecule has 0 spiro atoms. The molecule has 3 aromatic rings. The fourth-order valence-electron chi connectivity index (χ4n) is 2.32. The van der Waals surface area contributed by atoms with Gasteiger partial charge >= 0.3 is 0 Å². The van der Waals surface area contributed by atoms with Gasteiger partial charge in [-0.1, -0.05) is 23.7 Å². The largest absolute Gasteiger partial charge is 0.388 e. The van der Waals surface area contributed by atoms with Gasteiger partial charge in [-0.25, -0.2) is 0 Å². The van der Waals surface area contributed by atoms with Crippen molar-refractivity contribution in [1.82, 2.24) is 4.98 Å². The second-order valence-corrected chi connectivity index (χ2v) is 6.11. The number of aliphatic hydroxyl groups excluding tert-OH is 1. The van der Waals surface area contributed by atoms with Crippen molar-refractivity contribution >= 4 is 33.8 Å². The number of aryl methyl sites for hydroxylation is 1. The van der Waals surface area contributed by atoms with Crippen LogP contribution >= 0.6 is 22.9 Å². The molecule has 0 bridgehead atoms. The fraction of sp³-hybridized carbons (Fsp3) is 0.188. The number of nitrogens with zero attached hydrogens (tertiary/aromatic N) is 1. The van der Waals surface area contributed by atoms with Gasteiger partial charge < -0.3 is 5.11 Å². The van der Waals surface area contributed by atoms with Crippen LogP contribution in [0.15, 0.2) is 48.0 Å². The standard InChI is InChI=1S/C16H14ClNOS/c17-14-7-6-13(16-12(14)4-1-9-18-16)15(19)8-5-11-3-2-10-20-11/h1-4,6-7,9-10,15,19H,5,8H2. The van der Waals surface area contributed by atoms with Crippen molar-refractivity contribution in [3.63, 3.8) is 0 Å². The van der Waals surface area contributed by atoms with E-state index in [2.05, 4.69) is 16.4 Å². The molecule has 0 radical (unpaired) electrons. The first-order valence-corrected chi connectivity index (χ1v) is 7.75. The van der Waals surface area contributed by atoms with Gasteiger partial charge in [0.25, 0.3) is 0 Å². The van der Waals surface area contributed by atoms with E-state index in [1.165, 1.54) is 4.88 Å². The minimum atomic E-state index is -0.522. The normalized spacial score (nSPS) is 12.7. The van der Waals surface area contributed by atoms with E-state index in [0.717, 1.165) is 22.9 Å². The summed E-state index contributed by atoms with van der Waals surface area (Å²) in [4.78, 5) is 5.65. The molecule has 4 heteroatoms. The van der Waals surface area contributed by atoms with E-state index >= 15 is 0 Å². The first kappa shape index (κ1) is 13.6. The van der Waals surface area contributed by atoms with Crippen molar-refractivity contribution in [1.29, 1.82) is 0 Å². The van der Waals surface area contributed by atoms with E-state index in [-0.39, 0.29) is 0 Å². The summed E-state index contributed by atoms with van der Waals surface area (Å²) in [6.45, 7) is 0. The zero-order chi connectivity index (χ0) is 13.9. The molecule has 1 unspecified atom stereocenters. The van der Waals surface area contributed by atoms with E-state index < -0.39 is 6.10 Å². The lowest BCUT2D eigenvalue weighted by molar-refractivity contribution is 0.169.